The Labute approximate surface area is 350 Å². The van der Waals surface area contributed by atoms with Crippen molar-refractivity contribution in [3.8, 4) is 5.75 Å². The molecule has 8 rings (SSSR count). The van der Waals surface area contributed by atoms with Gasteiger partial charge >= 0.3 is 29.6 Å². The molecule has 5 heterocycles. The first-order valence-corrected chi connectivity index (χ1v) is 18.7. The van der Waals surface area contributed by atoms with E-state index < -0.39 is 11.6 Å². The number of piperidine rings is 2. The van der Waals surface area contributed by atoms with Crippen molar-refractivity contribution < 1.29 is 62.7 Å². The first-order valence-electron chi connectivity index (χ1n) is 18.7. The second-order valence-electron chi connectivity index (χ2n) is 14.7. The van der Waals surface area contributed by atoms with Crippen LogP contribution in [0.3, 0.4) is 0 Å². The summed E-state index contributed by atoms with van der Waals surface area (Å²) in [7, 11) is 0. The number of aromatic nitrogens is 4. The third-order valence-corrected chi connectivity index (χ3v) is 10.3. The number of nitrogens with zero attached hydrogens (tertiary/aromatic N) is 6. The fraction of sp³-hybridized carbons (Fsp3) is 0.400. The maximum absolute atomic E-state index is 15.7. The van der Waals surface area contributed by atoms with E-state index in [0.29, 0.717) is 55.5 Å². The Morgan fingerprint density at radius 3 is 2.33 bits per heavy atom. The van der Waals surface area contributed by atoms with Crippen LogP contribution in [0.5, 0.6) is 5.75 Å². The van der Waals surface area contributed by atoms with Crippen molar-refractivity contribution >= 4 is 58.1 Å². The number of rotatable bonds is 12. The largest absolute Gasteiger partial charge is 1.00 e. The molecule has 15 nitrogen and oxygen atoms in total. The number of carbonyl (C=O) groups is 3. The fourth-order valence-electron chi connectivity index (χ4n) is 7.10. The summed E-state index contributed by atoms with van der Waals surface area (Å²) < 4.78 is 23.8. The van der Waals surface area contributed by atoms with Crippen molar-refractivity contribution in [1.29, 1.82) is 0 Å². The number of halogens is 1. The van der Waals surface area contributed by atoms with Crippen LogP contribution in [0.15, 0.2) is 61.2 Å². The number of carbonyl (C=O) groups excluding carboxylic acids is 5. The Morgan fingerprint density at radius 1 is 1.02 bits per heavy atom. The smallest absolute Gasteiger partial charge is 0.491 e. The van der Waals surface area contributed by atoms with Crippen molar-refractivity contribution in [1.82, 2.24) is 30.0 Å². The third kappa shape index (κ3) is 10.3. The predicted octanol–water partition coefficient (Wildman–Crippen LogP) is 0.152. The Balaban J connectivity index is 0.000000546. The second kappa shape index (κ2) is 18.5. The number of fused-ring (bicyclic) bond motifs is 1. The summed E-state index contributed by atoms with van der Waals surface area (Å²) in [5.74, 6) is 0.552. The Kier molecular flexibility index (Phi) is 13.5. The van der Waals surface area contributed by atoms with E-state index in [1.54, 1.807) is 43.2 Å². The molecule has 2 aromatic heterocycles. The van der Waals surface area contributed by atoms with Gasteiger partial charge in [-0.15, -0.1) is 6.07 Å². The predicted molar refractivity (Wildman–Crippen MR) is 205 cm³/mol. The maximum atomic E-state index is 15.7. The molecule has 17 heteroatoms. The number of alkyl halides is 1. The van der Waals surface area contributed by atoms with Gasteiger partial charge in [-0.1, -0.05) is 0 Å². The van der Waals surface area contributed by atoms with E-state index >= 15 is 4.39 Å². The number of amides is 3. The number of likely N-dealkylation sites (tertiary alicyclic amines) is 1. The summed E-state index contributed by atoms with van der Waals surface area (Å²) in [6.45, 7) is 2.77. The quantitative estimate of drug-likeness (QED) is 0.0763. The Bertz CT molecular complexity index is 2130. The van der Waals surface area contributed by atoms with Crippen LogP contribution >= 0.6 is 0 Å². The van der Waals surface area contributed by atoms with Gasteiger partial charge in [-0.05, 0) is 68.4 Å². The molecule has 0 atom stereocenters. The van der Waals surface area contributed by atoms with E-state index in [1.807, 2.05) is 27.9 Å². The van der Waals surface area contributed by atoms with E-state index in [0.717, 1.165) is 49.7 Å². The molecular formula is C40H42FN9NaO6-. The topological polar surface area (TPSA) is 195 Å². The third-order valence-electron chi connectivity index (χ3n) is 10.3. The van der Waals surface area contributed by atoms with Gasteiger partial charge in [0.25, 0.3) is 5.91 Å². The minimum Gasteiger partial charge on any atom is -0.491 e. The van der Waals surface area contributed by atoms with Gasteiger partial charge in [0.05, 0.1) is 42.5 Å². The number of hydrogen-bond acceptors (Lipinski definition) is 12. The van der Waals surface area contributed by atoms with Gasteiger partial charge in [0.2, 0.25) is 11.8 Å². The van der Waals surface area contributed by atoms with Crippen LogP contribution in [-0.2, 0) is 24.0 Å². The second-order valence-corrected chi connectivity index (χ2v) is 14.7. The zero-order valence-electron chi connectivity index (χ0n) is 31.7. The normalized spacial score (nSPS) is 18.3. The van der Waals surface area contributed by atoms with Gasteiger partial charge < -0.3 is 30.3 Å². The van der Waals surface area contributed by atoms with Crippen LogP contribution in [0.2, 0.25) is 0 Å². The monoisotopic (exact) mass is 786 g/mol. The molecule has 0 unspecified atom stereocenters. The zero-order valence-corrected chi connectivity index (χ0v) is 33.7. The average Bonchev–Trinajstić information content (AvgIpc) is 3.93. The van der Waals surface area contributed by atoms with Crippen molar-refractivity contribution in [2.75, 3.05) is 49.5 Å². The van der Waals surface area contributed by atoms with Crippen LogP contribution in [0, 0.1) is 5.92 Å². The zero-order chi connectivity index (χ0) is 39.2. The number of benzene rings is 2. The minimum absolute atomic E-state index is 0. The Morgan fingerprint density at radius 2 is 1.72 bits per heavy atom. The molecule has 0 spiro atoms. The summed E-state index contributed by atoms with van der Waals surface area (Å²) in [4.78, 5) is 68.5. The Hall–Kier alpha value is -5.03. The van der Waals surface area contributed by atoms with Crippen LogP contribution in [0.25, 0.3) is 16.5 Å². The summed E-state index contributed by atoms with van der Waals surface area (Å²) >= 11 is 0. The number of nitrogens with two attached hydrogens (primary N) is 1. The van der Waals surface area contributed by atoms with Crippen molar-refractivity contribution in [2.24, 2.45) is 11.7 Å². The number of nitrogens with one attached hydrogen (secondary N) is 2. The number of ether oxygens (including phenoxy) is 1. The van der Waals surface area contributed by atoms with E-state index in [4.69, 9.17) is 15.6 Å². The molecule has 3 saturated heterocycles. The van der Waals surface area contributed by atoms with Crippen molar-refractivity contribution in [3.63, 3.8) is 0 Å². The molecule has 0 radical (unpaired) electrons. The van der Waals surface area contributed by atoms with Gasteiger partial charge in [-0.3, -0.25) is 40.4 Å². The summed E-state index contributed by atoms with van der Waals surface area (Å²) in [6.07, 6.45) is 15.4. The molecule has 4 N–H and O–H groups in total. The number of imide groups is 1. The number of anilines is 2. The first kappa shape index (κ1) is 41.6. The standard InChI is InChI=1S/C35H35FN8O4.C5H7NO2.Na/c36-35(21-43(22-35)28-5-4-24(17-45)26(12-28)18-46)20-42-10-6-27(7-11-42)44-16-25-13-31(32(14-30(25)41-44)48-19-23-2-3-23)40-34(47)29(15-37)33-38-8-1-9-39-33;7-4-2-1-3-5(8)6-4;/h1,4-5,8-9,12-16,23,27H,2-3,6-7,10-11,19-22,37H2,(H,40,47);1-3H2,(H,6,7,8);/q-2;;+1/b29-15+;;. The molecule has 3 amide bonds. The van der Waals surface area contributed by atoms with E-state index in [-0.39, 0.29) is 83.0 Å². The first-order chi connectivity index (χ1) is 27.1. The molecule has 4 aromatic rings. The van der Waals surface area contributed by atoms with Gasteiger partial charge in [0.1, 0.15) is 5.75 Å². The van der Waals surface area contributed by atoms with E-state index in [1.165, 1.54) is 12.3 Å². The molecule has 4 aliphatic rings. The van der Waals surface area contributed by atoms with E-state index in [2.05, 4.69) is 25.5 Å². The van der Waals surface area contributed by atoms with Crippen molar-refractivity contribution in [2.45, 2.75) is 56.7 Å². The molecule has 57 heavy (non-hydrogen) atoms. The number of hydrogen-bond donors (Lipinski definition) is 3. The molecule has 3 aliphatic heterocycles. The van der Waals surface area contributed by atoms with Crippen LogP contribution in [-0.4, -0.2) is 99.9 Å². The van der Waals surface area contributed by atoms with E-state index in [9.17, 15) is 24.0 Å². The van der Waals surface area contributed by atoms with Crippen molar-refractivity contribution in [3.05, 3.63) is 78.1 Å². The maximum Gasteiger partial charge on any atom is 1.00 e. The summed E-state index contributed by atoms with van der Waals surface area (Å²) in [6, 6.07) is 10.3. The van der Waals surface area contributed by atoms with Gasteiger partial charge in [0, 0.05) is 68.7 Å². The van der Waals surface area contributed by atoms with Gasteiger partial charge in [-0.25, -0.2) is 20.4 Å². The van der Waals surface area contributed by atoms with Crippen LogP contribution < -0.4 is 55.6 Å². The molecule has 4 fully saturated rings. The van der Waals surface area contributed by atoms with Crippen LogP contribution in [0.4, 0.5) is 15.8 Å². The molecular weight excluding hydrogens is 744 g/mol. The fourth-order valence-corrected chi connectivity index (χ4v) is 7.10. The molecule has 0 bridgehead atoms. The summed E-state index contributed by atoms with van der Waals surface area (Å²) in [5, 5.41) is 10.9. The SMILES string of the molecule is N/C=C(/C(=O)Nc1cc2cn(C3CCN(CC4(F)CN(c5ccc([C-]=O)c([C-]=O)c5)C4)CC3)nc2cc1OCC1CC1)c1ncccn1.O=C1CCCC(=O)N1.[Na+]. The van der Waals surface area contributed by atoms with Gasteiger partial charge in [0.15, 0.2) is 11.5 Å². The minimum atomic E-state index is -1.36. The molecule has 2 aromatic carbocycles. The average molecular weight is 787 g/mol. The molecule has 1 aliphatic carbocycles. The van der Waals surface area contributed by atoms with Crippen LogP contribution in [0.1, 0.15) is 67.9 Å². The van der Waals surface area contributed by atoms with Gasteiger partial charge in [-0.2, -0.15) is 11.2 Å². The molecule has 292 valence electrons. The molecule has 1 saturated carbocycles. The summed E-state index contributed by atoms with van der Waals surface area (Å²) in [5.41, 5.74) is 6.81.